The van der Waals surface area contributed by atoms with E-state index in [1.54, 1.807) is 0 Å². The Labute approximate surface area is 111 Å². The molecule has 0 bridgehead atoms. The molecular formula is C14H31Sb. The van der Waals surface area contributed by atoms with E-state index in [9.17, 15) is 0 Å². The molecule has 1 heteroatoms. The SMILES string of the molecule is CCCCCCCCCCCCC[CH2][SbH2]. The normalized spacial score (nSPS) is 10.8. The van der Waals surface area contributed by atoms with Crippen molar-refractivity contribution in [3.05, 3.63) is 0 Å². The third-order valence-corrected chi connectivity index (χ3v) is 4.22. The van der Waals surface area contributed by atoms with Gasteiger partial charge in [0.1, 0.15) is 0 Å². The Morgan fingerprint density at radius 1 is 0.533 bits per heavy atom. The molecule has 15 heavy (non-hydrogen) atoms. The van der Waals surface area contributed by atoms with Crippen LogP contribution >= 0.6 is 0 Å². The molecule has 0 unspecified atom stereocenters. The summed E-state index contributed by atoms with van der Waals surface area (Å²) in [5.41, 5.74) is 0. The van der Waals surface area contributed by atoms with Crippen molar-refractivity contribution in [2.45, 2.75) is 88.3 Å². The van der Waals surface area contributed by atoms with E-state index < -0.39 is 0 Å². The number of unbranched alkanes of at least 4 members (excludes halogenated alkanes) is 11. The van der Waals surface area contributed by atoms with E-state index in [0.717, 1.165) is 0 Å². The molecular weight excluding hydrogens is 290 g/mol. The molecule has 0 aromatic rings. The van der Waals surface area contributed by atoms with Crippen LogP contribution in [0, 0.1) is 0 Å². The van der Waals surface area contributed by atoms with Crippen LogP contribution in [0.4, 0.5) is 0 Å². The molecule has 0 spiro atoms. The first kappa shape index (κ1) is 15.8. The molecule has 0 saturated heterocycles. The van der Waals surface area contributed by atoms with Crippen LogP contribution in [0.5, 0.6) is 0 Å². The van der Waals surface area contributed by atoms with Crippen LogP contribution in [-0.4, -0.2) is 23.0 Å². The van der Waals surface area contributed by atoms with Gasteiger partial charge in [-0.15, -0.1) is 0 Å². The minimum absolute atomic E-state index is 1.38. The maximum atomic E-state index is 2.29. The first-order valence-corrected chi connectivity index (χ1v) is 9.45. The van der Waals surface area contributed by atoms with Gasteiger partial charge in [-0.05, 0) is 0 Å². The predicted octanol–water partition coefficient (Wildman–Crippen LogP) is 4.74. The Kier molecular flexibility index (Phi) is 15.6. The van der Waals surface area contributed by atoms with Gasteiger partial charge in [0.2, 0.25) is 0 Å². The Hall–Kier alpha value is 0.818. The molecule has 0 atom stereocenters. The second-order valence-corrected chi connectivity index (χ2v) is 6.33. The van der Waals surface area contributed by atoms with Crippen molar-refractivity contribution < 1.29 is 0 Å². The van der Waals surface area contributed by atoms with Gasteiger partial charge in [0.25, 0.3) is 0 Å². The molecule has 0 aliphatic carbocycles. The fourth-order valence-electron chi connectivity index (χ4n) is 1.99. The second-order valence-electron chi connectivity index (χ2n) is 4.68. The Morgan fingerprint density at radius 3 is 1.20 bits per heavy atom. The average molecular weight is 321 g/mol. The molecule has 0 amide bonds. The molecule has 0 fully saturated rings. The molecule has 0 N–H and O–H groups in total. The number of hydrogen-bond acceptors (Lipinski definition) is 0. The van der Waals surface area contributed by atoms with Gasteiger partial charge in [0.15, 0.2) is 0 Å². The number of rotatable bonds is 12. The minimum atomic E-state index is 1.38. The molecule has 92 valence electrons. The fraction of sp³-hybridized carbons (Fsp3) is 1.00. The summed E-state index contributed by atoms with van der Waals surface area (Å²) in [5.74, 6) is 0. The summed E-state index contributed by atoms with van der Waals surface area (Å²) in [6.07, 6.45) is 17.7. The van der Waals surface area contributed by atoms with Crippen LogP contribution in [0.15, 0.2) is 0 Å². The fourth-order valence-corrected chi connectivity index (χ4v) is 2.81. The van der Waals surface area contributed by atoms with E-state index in [1.807, 2.05) is 0 Å². The van der Waals surface area contributed by atoms with Crippen molar-refractivity contribution in [2.75, 3.05) is 0 Å². The van der Waals surface area contributed by atoms with Crippen LogP contribution in [0.25, 0.3) is 0 Å². The maximum absolute atomic E-state index is 2.29. The Bertz CT molecular complexity index is 89.5. The van der Waals surface area contributed by atoms with Crippen LogP contribution in [0.1, 0.15) is 84.0 Å². The van der Waals surface area contributed by atoms with Crippen molar-refractivity contribution in [3.8, 4) is 0 Å². The predicted molar refractivity (Wildman–Crippen MR) is 74.4 cm³/mol. The molecule has 0 nitrogen and oxygen atoms in total. The van der Waals surface area contributed by atoms with Gasteiger partial charge >= 0.3 is 98.0 Å². The van der Waals surface area contributed by atoms with Gasteiger partial charge in [-0.1, -0.05) is 13.3 Å². The quantitative estimate of drug-likeness (QED) is 0.360. The first-order valence-electron chi connectivity index (χ1n) is 7.12. The summed E-state index contributed by atoms with van der Waals surface area (Å²) in [6, 6.07) is 0. The topological polar surface area (TPSA) is 0 Å². The Balaban J connectivity index is 2.81. The third kappa shape index (κ3) is 14.8. The summed E-state index contributed by atoms with van der Waals surface area (Å²) >= 11 is 1.47. The van der Waals surface area contributed by atoms with E-state index in [0.29, 0.717) is 0 Å². The summed E-state index contributed by atoms with van der Waals surface area (Å²) in [4.78, 5) is 0. The molecule has 0 aromatic carbocycles. The first-order chi connectivity index (χ1) is 7.41. The van der Waals surface area contributed by atoms with E-state index in [2.05, 4.69) is 6.92 Å². The molecule has 0 rings (SSSR count). The van der Waals surface area contributed by atoms with Gasteiger partial charge in [-0.25, -0.2) is 0 Å². The van der Waals surface area contributed by atoms with E-state index >= 15 is 0 Å². The van der Waals surface area contributed by atoms with Gasteiger partial charge in [-0.2, -0.15) is 0 Å². The van der Waals surface area contributed by atoms with Crippen LogP contribution in [-0.2, 0) is 0 Å². The van der Waals surface area contributed by atoms with Gasteiger partial charge in [0, 0.05) is 0 Å². The molecule has 0 aliphatic rings. The zero-order valence-electron chi connectivity index (χ0n) is 10.8. The van der Waals surface area contributed by atoms with Gasteiger partial charge in [0.05, 0.1) is 0 Å². The molecule has 0 heterocycles. The van der Waals surface area contributed by atoms with Gasteiger partial charge < -0.3 is 0 Å². The second kappa shape index (κ2) is 14.8. The van der Waals surface area contributed by atoms with Crippen molar-refractivity contribution in [2.24, 2.45) is 0 Å². The number of hydrogen-bond donors (Lipinski definition) is 0. The summed E-state index contributed by atoms with van der Waals surface area (Å²) in [7, 11) is 0. The average Bonchev–Trinajstić information content (AvgIpc) is 2.26. The van der Waals surface area contributed by atoms with Gasteiger partial charge in [-0.3, -0.25) is 0 Å². The zero-order valence-corrected chi connectivity index (χ0v) is 14.1. The molecule has 0 saturated carbocycles. The van der Waals surface area contributed by atoms with E-state index in [4.69, 9.17) is 0 Å². The van der Waals surface area contributed by atoms with Crippen LogP contribution in [0.2, 0.25) is 4.37 Å². The van der Waals surface area contributed by atoms with Crippen molar-refractivity contribution >= 4 is 23.0 Å². The van der Waals surface area contributed by atoms with Crippen molar-refractivity contribution in [3.63, 3.8) is 0 Å². The zero-order chi connectivity index (χ0) is 11.2. The summed E-state index contributed by atoms with van der Waals surface area (Å²) in [5, 5.41) is 0. The summed E-state index contributed by atoms with van der Waals surface area (Å²) in [6.45, 7) is 2.29. The monoisotopic (exact) mass is 320 g/mol. The van der Waals surface area contributed by atoms with E-state index in [-0.39, 0.29) is 0 Å². The Morgan fingerprint density at radius 2 is 0.867 bits per heavy atom. The molecule has 0 radical (unpaired) electrons. The standard InChI is InChI=1S/C14H29.Sb.2H/c1-3-5-7-9-11-13-14-12-10-8-6-4-2;;;/h1,3-14H2,2H3;;;. The third-order valence-electron chi connectivity index (χ3n) is 3.06. The van der Waals surface area contributed by atoms with E-state index in [1.165, 1.54) is 104 Å². The van der Waals surface area contributed by atoms with Crippen LogP contribution in [0.3, 0.4) is 0 Å². The van der Waals surface area contributed by atoms with Crippen LogP contribution < -0.4 is 0 Å². The van der Waals surface area contributed by atoms with Crippen molar-refractivity contribution in [1.82, 2.24) is 0 Å². The van der Waals surface area contributed by atoms with Crippen molar-refractivity contribution in [1.29, 1.82) is 0 Å². The summed E-state index contributed by atoms with van der Waals surface area (Å²) < 4.78 is 1.50. The molecule has 0 aliphatic heterocycles. The molecule has 0 aromatic heterocycles.